The summed E-state index contributed by atoms with van der Waals surface area (Å²) in [6.45, 7) is 6.44. The van der Waals surface area contributed by atoms with Crippen molar-refractivity contribution < 1.29 is 9.90 Å². The summed E-state index contributed by atoms with van der Waals surface area (Å²) in [6, 6.07) is 6.99. The number of hydrogen-bond acceptors (Lipinski definition) is 3. The highest BCUT2D eigenvalue weighted by Gasteiger charge is 2.18. The predicted molar refractivity (Wildman–Crippen MR) is 73.6 cm³/mol. The molecule has 1 rings (SSSR count). The second-order valence-corrected chi connectivity index (χ2v) is 5.15. The molecule has 2 N–H and O–H groups in total. The highest BCUT2D eigenvalue weighted by atomic mass is 16.4. The van der Waals surface area contributed by atoms with E-state index in [-0.39, 0.29) is 0 Å². The van der Waals surface area contributed by atoms with Gasteiger partial charge in [-0.3, -0.25) is 4.79 Å². The Kier molecular flexibility index (Phi) is 5.53. The van der Waals surface area contributed by atoms with Crippen molar-refractivity contribution in [3.8, 4) is 6.07 Å². The summed E-state index contributed by atoms with van der Waals surface area (Å²) in [5, 5.41) is 21.0. The van der Waals surface area contributed by atoms with E-state index in [0.29, 0.717) is 24.4 Å². The molecule has 0 aliphatic rings. The number of carboxylic acid groups (broad SMARTS) is 1. The van der Waals surface area contributed by atoms with Crippen LogP contribution in [-0.4, -0.2) is 17.1 Å². The summed E-state index contributed by atoms with van der Waals surface area (Å²) in [6.07, 6.45) is 0.602. The third-order valence-corrected chi connectivity index (χ3v) is 3.02. The van der Waals surface area contributed by atoms with Crippen LogP contribution in [0.3, 0.4) is 0 Å². The zero-order chi connectivity index (χ0) is 14.4. The smallest absolute Gasteiger partial charge is 0.320 e. The third kappa shape index (κ3) is 4.72. The molecule has 1 aromatic rings. The average molecular weight is 260 g/mol. The van der Waals surface area contributed by atoms with Gasteiger partial charge in [-0.1, -0.05) is 19.9 Å². The van der Waals surface area contributed by atoms with E-state index < -0.39 is 12.0 Å². The zero-order valence-corrected chi connectivity index (χ0v) is 11.6. The van der Waals surface area contributed by atoms with Gasteiger partial charge in [-0.25, -0.2) is 0 Å². The first-order valence-corrected chi connectivity index (χ1v) is 6.40. The van der Waals surface area contributed by atoms with E-state index in [1.165, 1.54) is 0 Å². The Morgan fingerprint density at radius 2 is 2.16 bits per heavy atom. The van der Waals surface area contributed by atoms with Gasteiger partial charge in [0.1, 0.15) is 6.04 Å². The molecule has 0 fully saturated rings. The lowest BCUT2D eigenvalue weighted by molar-refractivity contribution is -0.140. The van der Waals surface area contributed by atoms with E-state index in [1.54, 1.807) is 6.07 Å². The number of rotatable bonds is 6. The summed E-state index contributed by atoms with van der Waals surface area (Å²) in [5.74, 6) is -0.490. The molecule has 1 unspecified atom stereocenters. The number of nitriles is 1. The van der Waals surface area contributed by atoms with E-state index in [9.17, 15) is 4.79 Å². The number of nitrogens with one attached hydrogen (secondary N) is 1. The van der Waals surface area contributed by atoms with Crippen molar-refractivity contribution in [3.05, 3.63) is 34.9 Å². The minimum Gasteiger partial charge on any atom is -0.480 e. The van der Waals surface area contributed by atoms with Gasteiger partial charge in [0.25, 0.3) is 0 Å². The molecular formula is C15H20N2O2. The van der Waals surface area contributed by atoms with E-state index in [4.69, 9.17) is 10.4 Å². The van der Waals surface area contributed by atoms with Crippen LogP contribution in [-0.2, 0) is 11.3 Å². The molecule has 0 bridgehead atoms. The van der Waals surface area contributed by atoms with Crippen LogP contribution in [0.1, 0.15) is 37.0 Å². The quantitative estimate of drug-likeness (QED) is 0.824. The molecule has 0 saturated carbocycles. The first-order valence-electron chi connectivity index (χ1n) is 6.40. The maximum Gasteiger partial charge on any atom is 0.320 e. The lowest BCUT2D eigenvalue weighted by Gasteiger charge is -2.17. The largest absolute Gasteiger partial charge is 0.480 e. The van der Waals surface area contributed by atoms with Gasteiger partial charge in [0.2, 0.25) is 0 Å². The van der Waals surface area contributed by atoms with Crippen LogP contribution in [0.4, 0.5) is 0 Å². The highest BCUT2D eigenvalue weighted by Crippen LogP contribution is 2.12. The zero-order valence-electron chi connectivity index (χ0n) is 11.6. The van der Waals surface area contributed by atoms with Crippen molar-refractivity contribution in [1.29, 1.82) is 5.26 Å². The van der Waals surface area contributed by atoms with Crippen molar-refractivity contribution in [2.24, 2.45) is 5.92 Å². The highest BCUT2D eigenvalue weighted by molar-refractivity contribution is 5.73. The molecule has 0 aromatic heterocycles. The SMILES string of the molecule is Cc1cc(C#N)ccc1CNC(CC(C)C)C(=O)O. The molecule has 0 aliphatic heterocycles. The summed E-state index contributed by atoms with van der Waals surface area (Å²) in [4.78, 5) is 11.1. The van der Waals surface area contributed by atoms with E-state index in [0.717, 1.165) is 11.1 Å². The number of aryl methyl sites for hydroxylation is 1. The Morgan fingerprint density at radius 1 is 1.47 bits per heavy atom. The van der Waals surface area contributed by atoms with E-state index in [1.807, 2.05) is 32.9 Å². The second-order valence-electron chi connectivity index (χ2n) is 5.15. The number of hydrogen-bond donors (Lipinski definition) is 2. The molecule has 4 heteroatoms. The standard InChI is InChI=1S/C15H20N2O2/c1-10(2)6-14(15(18)19)17-9-13-5-4-12(8-16)7-11(13)3/h4-5,7,10,14,17H,6,9H2,1-3H3,(H,18,19). The first kappa shape index (κ1) is 15.2. The number of benzene rings is 1. The summed E-state index contributed by atoms with van der Waals surface area (Å²) < 4.78 is 0. The van der Waals surface area contributed by atoms with Crippen LogP contribution in [0.25, 0.3) is 0 Å². The maximum atomic E-state index is 11.1. The maximum absolute atomic E-state index is 11.1. The summed E-state index contributed by atoms with van der Waals surface area (Å²) >= 11 is 0. The first-order chi connectivity index (χ1) is 8.93. The Balaban J connectivity index is 2.69. The van der Waals surface area contributed by atoms with Crippen LogP contribution in [0.2, 0.25) is 0 Å². The van der Waals surface area contributed by atoms with Gasteiger partial charge in [0.05, 0.1) is 11.6 Å². The predicted octanol–water partition coefficient (Wildman–Crippen LogP) is 2.46. The summed E-state index contributed by atoms with van der Waals surface area (Å²) in [5.41, 5.74) is 2.65. The fraction of sp³-hybridized carbons (Fsp3) is 0.467. The fourth-order valence-electron chi connectivity index (χ4n) is 1.94. The molecule has 19 heavy (non-hydrogen) atoms. The Hall–Kier alpha value is -1.86. The lowest BCUT2D eigenvalue weighted by Crippen LogP contribution is -2.37. The van der Waals surface area contributed by atoms with E-state index >= 15 is 0 Å². The molecular weight excluding hydrogens is 240 g/mol. The molecule has 0 amide bonds. The van der Waals surface area contributed by atoms with E-state index in [2.05, 4.69) is 11.4 Å². The minimum atomic E-state index is -0.819. The lowest BCUT2D eigenvalue weighted by atomic mass is 10.0. The number of carbonyl (C=O) groups is 1. The van der Waals surface area contributed by atoms with Gasteiger partial charge in [0, 0.05) is 6.54 Å². The van der Waals surface area contributed by atoms with Crippen LogP contribution in [0.15, 0.2) is 18.2 Å². The number of aliphatic carboxylic acids is 1. The molecule has 0 aliphatic carbocycles. The third-order valence-electron chi connectivity index (χ3n) is 3.02. The molecule has 102 valence electrons. The van der Waals surface area contributed by atoms with Crippen molar-refractivity contribution in [1.82, 2.24) is 5.32 Å². The number of carboxylic acids is 1. The van der Waals surface area contributed by atoms with Gasteiger partial charge < -0.3 is 10.4 Å². The van der Waals surface area contributed by atoms with Crippen LogP contribution >= 0.6 is 0 Å². The van der Waals surface area contributed by atoms with Gasteiger partial charge in [0.15, 0.2) is 0 Å². The Labute approximate surface area is 114 Å². The van der Waals surface area contributed by atoms with Crippen molar-refractivity contribution >= 4 is 5.97 Å². The normalized spacial score (nSPS) is 12.2. The van der Waals surface area contributed by atoms with Gasteiger partial charge >= 0.3 is 5.97 Å². The molecule has 0 heterocycles. The van der Waals surface area contributed by atoms with Crippen LogP contribution in [0, 0.1) is 24.2 Å². The molecule has 1 aromatic carbocycles. The fourth-order valence-corrected chi connectivity index (χ4v) is 1.94. The van der Waals surface area contributed by atoms with Gasteiger partial charge in [-0.2, -0.15) is 5.26 Å². The topological polar surface area (TPSA) is 73.1 Å². The Bertz CT molecular complexity index is 489. The molecule has 0 radical (unpaired) electrons. The van der Waals surface area contributed by atoms with Crippen LogP contribution < -0.4 is 5.32 Å². The van der Waals surface area contributed by atoms with Crippen LogP contribution in [0.5, 0.6) is 0 Å². The molecule has 0 saturated heterocycles. The summed E-state index contributed by atoms with van der Waals surface area (Å²) in [7, 11) is 0. The van der Waals surface area contributed by atoms with Crippen molar-refractivity contribution in [2.45, 2.75) is 39.8 Å². The molecule has 0 spiro atoms. The van der Waals surface area contributed by atoms with Gasteiger partial charge in [-0.05, 0) is 42.5 Å². The molecule has 1 atom stereocenters. The second kappa shape index (κ2) is 6.91. The Morgan fingerprint density at radius 3 is 2.63 bits per heavy atom. The molecule has 4 nitrogen and oxygen atoms in total. The van der Waals surface area contributed by atoms with Crippen molar-refractivity contribution in [2.75, 3.05) is 0 Å². The number of nitrogens with zero attached hydrogens (tertiary/aromatic N) is 1. The minimum absolute atomic E-state index is 0.329. The monoisotopic (exact) mass is 260 g/mol. The average Bonchev–Trinajstić information content (AvgIpc) is 2.34. The van der Waals surface area contributed by atoms with Crippen molar-refractivity contribution in [3.63, 3.8) is 0 Å². The van der Waals surface area contributed by atoms with Gasteiger partial charge in [-0.15, -0.1) is 0 Å².